The summed E-state index contributed by atoms with van der Waals surface area (Å²) in [6.07, 6.45) is 5.68. The fraction of sp³-hybridized carbons (Fsp3) is 0.389. The number of carbonyl (C=O) groups is 1. The van der Waals surface area contributed by atoms with Crippen molar-refractivity contribution in [1.29, 1.82) is 0 Å². The van der Waals surface area contributed by atoms with E-state index in [1.54, 1.807) is 12.4 Å². The van der Waals surface area contributed by atoms with Crippen molar-refractivity contribution >= 4 is 33.3 Å². The van der Waals surface area contributed by atoms with E-state index in [1.165, 1.54) is 12.8 Å². The summed E-state index contributed by atoms with van der Waals surface area (Å²) in [7, 11) is 0. The Morgan fingerprint density at radius 1 is 1.33 bits per heavy atom. The number of benzene rings is 1. The van der Waals surface area contributed by atoms with Crippen LogP contribution in [0, 0.1) is 12.8 Å². The van der Waals surface area contributed by atoms with Crippen molar-refractivity contribution in [3.63, 3.8) is 0 Å². The number of anilines is 2. The van der Waals surface area contributed by atoms with Crippen LogP contribution in [0.15, 0.2) is 35.1 Å². The van der Waals surface area contributed by atoms with Crippen LogP contribution >= 0.6 is 15.9 Å². The molecule has 1 amide bonds. The second-order valence-electron chi connectivity index (χ2n) is 6.37. The summed E-state index contributed by atoms with van der Waals surface area (Å²) in [5, 5.41) is 2.86. The van der Waals surface area contributed by atoms with Crippen molar-refractivity contribution in [2.45, 2.75) is 26.7 Å². The Balaban J connectivity index is 1.68. The van der Waals surface area contributed by atoms with E-state index in [1.807, 2.05) is 25.1 Å². The zero-order valence-electron chi connectivity index (χ0n) is 13.9. The van der Waals surface area contributed by atoms with Gasteiger partial charge in [0.25, 0.3) is 5.91 Å². The SMILES string of the molecule is Cc1cc(NC(=O)c2cnc(N3CCCC(C)C3)cn2)ccc1Br. The average molecular weight is 389 g/mol. The molecule has 1 aromatic heterocycles. The van der Waals surface area contributed by atoms with Gasteiger partial charge in [0.2, 0.25) is 0 Å². The molecule has 1 aliphatic rings. The first-order chi connectivity index (χ1) is 11.5. The van der Waals surface area contributed by atoms with Crippen LogP contribution in [0.2, 0.25) is 0 Å². The number of nitrogens with zero attached hydrogens (tertiary/aromatic N) is 3. The van der Waals surface area contributed by atoms with Crippen LogP contribution in [0.4, 0.5) is 11.5 Å². The molecule has 1 aromatic carbocycles. The lowest BCUT2D eigenvalue weighted by atomic mass is 10.0. The molecule has 1 N–H and O–H groups in total. The van der Waals surface area contributed by atoms with E-state index in [2.05, 4.69) is 43.0 Å². The van der Waals surface area contributed by atoms with Crippen LogP contribution in [-0.4, -0.2) is 29.0 Å². The first-order valence-electron chi connectivity index (χ1n) is 8.17. The lowest BCUT2D eigenvalue weighted by Crippen LogP contribution is -2.35. The summed E-state index contributed by atoms with van der Waals surface area (Å²) in [5.41, 5.74) is 2.13. The van der Waals surface area contributed by atoms with E-state index >= 15 is 0 Å². The van der Waals surface area contributed by atoms with E-state index in [0.29, 0.717) is 11.6 Å². The molecule has 0 saturated carbocycles. The molecule has 0 bridgehead atoms. The minimum Gasteiger partial charge on any atom is -0.355 e. The number of hydrogen-bond acceptors (Lipinski definition) is 4. The Morgan fingerprint density at radius 2 is 2.17 bits per heavy atom. The zero-order chi connectivity index (χ0) is 17.1. The van der Waals surface area contributed by atoms with Gasteiger partial charge in [0, 0.05) is 23.2 Å². The molecule has 0 spiro atoms. The van der Waals surface area contributed by atoms with Gasteiger partial charge in [0.15, 0.2) is 0 Å². The van der Waals surface area contributed by atoms with Crippen LogP contribution in [0.5, 0.6) is 0 Å². The van der Waals surface area contributed by atoms with E-state index in [0.717, 1.165) is 34.6 Å². The standard InChI is InChI=1S/C18H21BrN4O/c1-12-4-3-7-23(11-12)17-10-20-16(9-21-17)18(24)22-14-5-6-15(19)13(2)8-14/h5-6,8-10,12H,3-4,7,11H2,1-2H3,(H,22,24). The van der Waals surface area contributed by atoms with Gasteiger partial charge in [-0.1, -0.05) is 22.9 Å². The molecular formula is C18H21BrN4O. The molecule has 3 rings (SSSR count). The number of aryl methyl sites for hydroxylation is 1. The molecule has 0 radical (unpaired) electrons. The number of aromatic nitrogens is 2. The van der Waals surface area contributed by atoms with Crippen molar-refractivity contribution in [3.05, 3.63) is 46.3 Å². The van der Waals surface area contributed by atoms with E-state index < -0.39 is 0 Å². The lowest BCUT2D eigenvalue weighted by Gasteiger charge is -2.31. The molecule has 24 heavy (non-hydrogen) atoms. The third-order valence-corrected chi connectivity index (χ3v) is 5.16. The predicted molar refractivity (Wildman–Crippen MR) is 99.5 cm³/mol. The third-order valence-electron chi connectivity index (χ3n) is 4.27. The maximum absolute atomic E-state index is 12.3. The Hall–Kier alpha value is -1.95. The van der Waals surface area contributed by atoms with Crippen molar-refractivity contribution in [1.82, 2.24) is 9.97 Å². The normalized spacial score (nSPS) is 17.6. The van der Waals surface area contributed by atoms with Gasteiger partial charge >= 0.3 is 0 Å². The Kier molecular flexibility index (Phi) is 5.14. The number of piperidine rings is 1. The molecule has 1 atom stereocenters. The first kappa shape index (κ1) is 16.9. The predicted octanol–water partition coefficient (Wildman–Crippen LogP) is 4.04. The number of halogens is 1. The second-order valence-corrected chi connectivity index (χ2v) is 7.23. The van der Waals surface area contributed by atoms with Crippen molar-refractivity contribution < 1.29 is 4.79 Å². The zero-order valence-corrected chi connectivity index (χ0v) is 15.5. The number of nitrogens with one attached hydrogen (secondary N) is 1. The lowest BCUT2D eigenvalue weighted by molar-refractivity contribution is 0.102. The van der Waals surface area contributed by atoms with Gasteiger partial charge in [-0.2, -0.15) is 0 Å². The van der Waals surface area contributed by atoms with Gasteiger partial charge in [-0.15, -0.1) is 0 Å². The molecule has 2 heterocycles. The maximum atomic E-state index is 12.3. The van der Waals surface area contributed by atoms with E-state index in [-0.39, 0.29) is 5.91 Å². The number of hydrogen-bond donors (Lipinski definition) is 1. The first-order valence-corrected chi connectivity index (χ1v) is 8.97. The molecule has 1 saturated heterocycles. The topological polar surface area (TPSA) is 58.1 Å². The van der Waals surface area contributed by atoms with Gasteiger partial charge in [-0.25, -0.2) is 9.97 Å². The van der Waals surface area contributed by atoms with Crippen LogP contribution in [0.3, 0.4) is 0 Å². The number of carbonyl (C=O) groups excluding carboxylic acids is 1. The van der Waals surface area contributed by atoms with Gasteiger partial charge < -0.3 is 10.2 Å². The largest absolute Gasteiger partial charge is 0.355 e. The molecule has 1 aliphatic heterocycles. The third kappa shape index (κ3) is 3.93. The highest BCUT2D eigenvalue weighted by Crippen LogP contribution is 2.22. The summed E-state index contributed by atoms with van der Waals surface area (Å²) in [5.74, 6) is 1.27. The fourth-order valence-electron chi connectivity index (χ4n) is 2.92. The smallest absolute Gasteiger partial charge is 0.275 e. The second kappa shape index (κ2) is 7.30. The fourth-order valence-corrected chi connectivity index (χ4v) is 3.16. The molecule has 2 aromatic rings. The highest BCUT2D eigenvalue weighted by Gasteiger charge is 2.18. The highest BCUT2D eigenvalue weighted by atomic mass is 79.9. The monoisotopic (exact) mass is 388 g/mol. The Morgan fingerprint density at radius 3 is 2.83 bits per heavy atom. The molecule has 126 valence electrons. The van der Waals surface area contributed by atoms with Crippen molar-refractivity contribution in [3.8, 4) is 0 Å². The molecular weight excluding hydrogens is 368 g/mol. The summed E-state index contributed by atoms with van der Waals surface area (Å²) in [6, 6.07) is 5.68. The van der Waals surface area contributed by atoms with Crippen LogP contribution in [-0.2, 0) is 0 Å². The minimum atomic E-state index is -0.247. The van der Waals surface area contributed by atoms with Crippen molar-refractivity contribution in [2.24, 2.45) is 5.92 Å². The summed E-state index contributed by atoms with van der Waals surface area (Å²) < 4.78 is 1.01. The number of amides is 1. The van der Waals surface area contributed by atoms with E-state index in [4.69, 9.17) is 0 Å². The van der Waals surface area contributed by atoms with Gasteiger partial charge in [0.05, 0.1) is 12.4 Å². The van der Waals surface area contributed by atoms with Crippen molar-refractivity contribution in [2.75, 3.05) is 23.3 Å². The molecule has 5 nitrogen and oxygen atoms in total. The molecule has 1 fully saturated rings. The van der Waals surface area contributed by atoms with Crippen LogP contribution < -0.4 is 10.2 Å². The van der Waals surface area contributed by atoms with Crippen LogP contribution in [0.1, 0.15) is 35.8 Å². The number of rotatable bonds is 3. The molecule has 1 unspecified atom stereocenters. The molecule has 0 aliphatic carbocycles. The Bertz CT molecular complexity index is 732. The molecule has 6 heteroatoms. The summed E-state index contributed by atoms with van der Waals surface area (Å²) >= 11 is 3.45. The maximum Gasteiger partial charge on any atom is 0.275 e. The average Bonchev–Trinajstić information content (AvgIpc) is 2.58. The quantitative estimate of drug-likeness (QED) is 0.861. The Labute approximate surface area is 150 Å². The van der Waals surface area contributed by atoms with E-state index in [9.17, 15) is 4.79 Å². The minimum absolute atomic E-state index is 0.247. The summed E-state index contributed by atoms with van der Waals surface area (Å²) in [4.78, 5) is 23.3. The summed E-state index contributed by atoms with van der Waals surface area (Å²) in [6.45, 7) is 6.23. The van der Waals surface area contributed by atoms with Gasteiger partial charge in [-0.3, -0.25) is 4.79 Å². The van der Waals surface area contributed by atoms with Gasteiger partial charge in [0.1, 0.15) is 11.5 Å². The van der Waals surface area contributed by atoms with Crippen LogP contribution in [0.25, 0.3) is 0 Å². The highest BCUT2D eigenvalue weighted by molar-refractivity contribution is 9.10. The van der Waals surface area contributed by atoms with Gasteiger partial charge in [-0.05, 0) is 49.4 Å².